The lowest BCUT2D eigenvalue weighted by atomic mass is 10.2. The maximum absolute atomic E-state index is 8.99. The third-order valence-electron chi connectivity index (χ3n) is 2.64. The second-order valence-electron chi connectivity index (χ2n) is 3.85. The number of aliphatic hydroxyl groups is 1. The molecule has 0 unspecified atom stereocenters. The average Bonchev–Trinajstić information content (AvgIpc) is 2.33. The van der Waals surface area contributed by atoms with Crippen molar-refractivity contribution < 1.29 is 9.84 Å². The summed E-state index contributed by atoms with van der Waals surface area (Å²) in [5, 5.41) is 10.3. The first-order valence-electron chi connectivity index (χ1n) is 5.43. The van der Waals surface area contributed by atoms with Crippen LogP contribution < -0.4 is 0 Å². The molecule has 1 aromatic carbocycles. The summed E-state index contributed by atoms with van der Waals surface area (Å²) < 4.78 is 5.32. The highest BCUT2D eigenvalue weighted by Gasteiger charge is 2.16. The standard InChI is InChI=1S/C12H15ClO2S/c13-11-7-9(8-14)1-2-12(11)16-10-3-5-15-6-4-10/h1-2,7,10,14H,3-6,8H2. The topological polar surface area (TPSA) is 29.5 Å². The van der Waals surface area contributed by atoms with Gasteiger partial charge in [0, 0.05) is 23.4 Å². The van der Waals surface area contributed by atoms with Crippen LogP contribution in [0.3, 0.4) is 0 Å². The summed E-state index contributed by atoms with van der Waals surface area (Å²) in [6.07, 6.45) is 2.17. The molecule has 0 saturated carbocycles. The van der Waals surface area contributed by atoms with Crippen molar-refractivity contribution in [2.45, 2.75) is 29.6 Å². The summed E-state index contributed by atoms with van der Waals surface area (Å²) in [7, 11) is 0. The molecular weight excluding hydrogens is 244 g/mol. The Hall–Kier alpha value is -0.220. The van der Waals surface area contributed by atoms with Crippen LogP contribution in [0.5, 0.6) is 0 Å². The van der Waals surface area contributed by atoms with Crippen LogP contribution in [0.1, 0.15) is 18.4 Å². The first-order valence-corrected chi connectivity index (χ1v) is 6.69. The van der Waals surface area contributed by atoms with E-state index in [9.17, 15) is 0 Å². The Morgan fingerprint density at radius 3 is 2.75 bits per heavy atom. The number of hydrogen-bond acceptors (Lipinski definition) is 3. The normalized spacial score (nSPS) is 17.6. The third-order valence-corrected chi connectivity index (χ3v) is 4.48. The second-order valence-corrected chi connectivity index (χ2v) is 5.60. The highest BCUT2D eigenvalue weighted by Crippen LogP contribution is 2.34. The Morgan fingerprint density at radius 1 is 1.38 bits per heavy atom. The number of aliphatic hydroxyl groups excluding tert-OH is 1. The summed E-state index contributed by atoms with van der Waals surface area (Å²) in [6.45, 7) is 1.75. The molecule has 0 spiro atoms. The Bertz CT molecular complexity index is 351. The lowest BCUT2D eigenvalue weighted by Gasteiger charge is -2.21. The van der Waals surface area contributed by atoms with Crippen LogP contribution in [0.2, 0.25) is 5.02 Å². The van der Waals surface area contributed by atoms with Crippen molar-refractivity contribution in [1.29, 1.82) is 0 Å². The molecule has 1 fully saturated rings. The molecule has 1 aliphatic rings. The number of benzene rings is 1. The zero-order valence-corrected chi connectivity index (χ0v) is 10.6. The molecule has 1 N–H and O–H groups in total. The first-order chi connectivity index (χ1) is 7.79. The lowest BCUT2D eigenvalue weighted by molar-refractivity contribution is 0.100. The highest BCUT2D eigenvalue weighted by molar-refractivity contribution is 8.00. The molecule has 2 rings (SSSR count). The molecule has 0 radical (unpaired) electrons. The largest absolute Gasteiger partial charge is 0.392 e. The number of ether oxygens (including phenoxy) is 1. The van der Waals surface area contributed by atoms with Crippen molar-refractivity contribution in [1.82, 2.24) is 0 Å². The molecular formula is C12H15ClO2S. The summed E-state index contributed by atoms with van der Waals surface area (Å²) in [4.78, 5) is 1.10. The van der Waals surface area contributed by atoms with E-state index in [2.05, 4.69) is 0 Å². The fraction of sp³-hybridized carbons (Fsp3) is 0.500. The summed E-state index contributed by atoms with van der Waals surface area (Å²) in [5.41, 5.74) is 0.862. The van der Waals surface area contributed by atoms with Gasteiger partial charge in [-0.25, -0.2) is 0 Å². The molecule has 0 aliphatic carbocycles. The maximum atomic E-state index is 8.99. The van der Waals surface area contributed by atoms with Crippen LogP contribution in [0.25, 0.3) is 0 Å². The summed E-state index contributed by atoms with van der Waals surface area (Å²) in [5.74, 6) is 0. The molecule has 4 heteroatoms. The molecule has 2 nitrogen and oxygen atoms in total. The molecule has 1 heterocycles. The molecule has 1 aliphatic heterocycles. The molecule has 0 atom stereocenters. The Balaban J connectivity index is 2.03. The minimum atomic E-state index is 0.0436. The van der Waals surface area contributed by atoms with Crippen LogP contribution in [-0.4, -0.2) is 23.6 Å². The molecule has 1 aromatic rings. The Kier molecular flexibility index (Phi) is 4.53. The van der Waals surface area contributed by atoms with Gasteiger partial charge in [-0.2, -0.15) is 0 Å². The van der Waals surface area contributed by atoms with Crippen LogP contribution in [-0.2, 0) is 11.3 Å². The van der Waals surface area contributed by atoms with E-state index in [1.54, 1.807) is 0 Å². The highest BCUT2D eigenvalue weighted by atomic mass is 35.5. The SMILES string of the molecule is OCc1ccc(SC2CCOCC2)c(Cl)c1. The van der Waals surface area contributed by atoms with Gasteiger partial charge in [-0.1, -0.05) is 17.7 Å². The lowest BCUT2D eigenvalue weighted by Crippen LogP contribution is -2.17. The van der Waals surface area contributed by atoms with Gasteiger partial charge < -0.3 is 9.84 Å². The van der Waals surface area contributed by atoms with Crippen LogP contribution in [0.4, 0.5) is 0 Å². The summed E-state index contributed by atoms with van der Waals surface area (Å²) in [6, 6.07) is 5.75. The number of hydrogen-bond donors (Lipinski definition) is 1. The van der Waals surface area contributed by atoms with Crippen molar-refractivity contribution in [3.63, 3.8) is 0 Å². The van der Waals surface area contributed by atoms with E-state index < -0.39 is 0 Å². The van der Waals surface area contributed by atoms with Gasteiger partial charge in [0.1, 0.15) is 0 Å². The maximum Gasteiger partial charge on any atom is 0.0682 e. The minimum absolute atomic E-state index is 0.0436. The van der Waals surface area contributed by atoms with Crippen LogP contribution in [0.15, 0.2) is 23.1 Å². The Labute approximate surface area is 105 Å². The zero-order valence-electron chi connectivity index (χ0n) is 8.99. The fourth-order valence-electron chi connectivity index (χ4n) is 1.71. The molecule has 0 bridgehead atoms. The third kappa shape index (κ3) is 3.14. The molecule has 16 heavy (non-hydrogen) atoms. The van der Waals surface area contributed by atoms with E-state index in [-0.39, 0.29) is 6.61 Å². The number of rotatable bonds is 3. The van der Waals surface area contributed by atoms with Gasteiger partial charge >= 0.3 is 0 Å². The zero-order chi connectivity index (χ0) is 11.4. The Morgan fingerprint density at radius 2 is 2.12 bits per heavy atom. The van der Waals surface area contributed by atoms with Crippen LogP contribution in [0, 0.1) is 0 Å². The van der Waals surface area contributed by atoms with Crippen LogP contribution >= 0.6 is 23.4 Å². The van der Waals surface area contributed by atoms with Gasteiger partial charge in [0.05, 0.1) is 11.6 Å². The van der Waals surface area contributed by atoms with E-state index in [4.69, 9.17) is 21.4 Å². The van der Waals surface area contributed by atoms with Crippen molar-refractivity contribution in [2.24, 2.45) is 0 Å². The number of thioether (sulfide) groups is 1. The minimum Gasteiger partial charge on any atom is -0.392 e. The van der Waals surface area contributed by atoms with Crippen molar-refractivity contribution in [3.8, 4) is 0 Å². The molecule has 0 aromatic heterocycles. The van der Waals surface area contributed by atoms with Crippen molar-refractivity contribution >= 4 is 23.4 Å². The van der Waals surface area contributed by atoms with Gasteiger partial charge in [0.25, 0.3) is 0 Å². The predicted octanol–water partition coefficient (Wildman–Crippen LogP) is 3.10. The second kappa shape index (κ2) is 5.92. The van der Waals surface area contributed by atoms with Crippen molar-refractivity contribution in [3.05, 3.63) is 28.8 Å². The average molecular weight is 259 g/mol. The van der Waals surface area contributed by atoms with Gasteiger partial charge in [0.15, 0.2) is 0 Å². The number of halogens is 1. The first kappa shape index (κ1) is 12.2. The predicted molar refractivity (Wildman–Crippen MR) is 67.1 cm³/mol. The molecule has 0 amide bonds. The van der Waals surface area contributed by atoms with E-state index in [0.717, 1.165) is 41.5 Å². The van der Waals surface area contributed by atoms with Crippen molar-refractivity contribution in [2.75, 3.05) is 13.2 Å². The monoisotopic (exact) mass is 258 g/mol. The van der Waals surface area contributed by atoms with Gasteiger partial charge in [0.2, 0.25) is 0 Å². The smallest absolute Gasteiger partial charge is 0.0682 e. The molecule has 1 saturated heterocycles. The molecule has 88 valence electrons. The van der Waals surface area contributed by atoms with Gasteiger partial charge in [-0.3, -0.25) is 0 Å². The quantitative estimate of drug-likeness (QED) is 0.904. The van der Waals surface area contributed by atoms with E-state index in [1.807, 2.05) is 30.0 Å². The van der Waals surface area contributed by atoms with Gasteiger partial charge in [-0.05, 0) is 30.5 Å². The fourth-order valence-corrected chi connectivity index (χ4v) is 3.15. The summed E-state index contributed by atoms with van der Waals surface area (Å²) >= 11 is 7.98. The van der Waals surface area contributed by atoms with Gasteiger partial charge in [-0.15, -0.1) is 11.8 Å². The van der Waals surface area contributed by atoms with E-state index in [0.29, 0.717) is 5.25 Å². The van der Waals surface area contributed by atoms with E-state index in [1.165, 1.54) is 0 Å². The van der Waals surface area contributed by atoms with E-state index >= 15 is 0 Å².